The van der Waals surface area contributed by atoms with Crippen LogP contribution in [0.2, 0.25) is 0 Å². The van der Waals surface area contributed by atoms with Gasteiger partial charge in [0.1, 0.15) is 0 Å². The number of H-pyrrole nitrogens is 1. The number of rotatable bonds is 5. The standard InChI is InChI=1S/C16H13N5O2S/c22-21(23)14-8-4-7-13(9-14)11-17-20-15(18-19-16(20)24)10-12-5-2-1-3-6-12/h1-9,11H,10H2,(H,19,24)/b17-11-. The average molecular weight is 339 g/mol. The molecule has 7 nitrogen and oxygen atoms in total. The van der Waals surface area contributed by atoms with E-state index in [0.29, 0.717) is 22.6 Å². The molecule has 3 rings (SSSR count). The molecule has 2 aromatic carbocycles. The molecule has 120 valence electrons. The van der Waals surface area contributed by atoms with Crippen LogP contribution in [0.3, 0.4) is 0 Å². The number of aromatic amines is 1. The second-order valence-electron chi connectivity index (χ2n) is 5.02. The molecule has 0 bridgehead atoms. The van der Waals surface area contributed by atoms with Gasteiger partial charge < -0.3 is 0 Å². The summed E-state index contributed by atoms with van der Waals surface area (Å²) < 4.78 is 1.88. The third-order valence-corrected chi connectivity index (χ3v) is 3.59. The van der Waals surface area contributed by atoms with Gasteiger partial charge in [-0.3, -0.25) is 15.2 Å². The largest absolute Gasteiger partial charge is 0.270 e. The third-order valence-electron chi connectivity index (χ3n) is 3.33. The minimum Gasteiger partial charge on any atom is -0.258 e. The second-order valence-corrected chi connectivity index (χ2v) is 5.40. The molecule has 0 aliphatic carbocycles. The fourth-order valence-electron chi connectivity index (χ4n) is 2.18. The van der Waals surface area contributed by atoms with E-state index in [-0.39, 0.29) is 5.69 Å². The van der Waals surface area contributed by atoms with Gasteiger partial charge in [-0.05, 0) is 17.8 Å². The number of nitro benzene ring substituents is 1. The van der Waals surface area contributed by atoms with E-state index in [9.17, 15) is 10.1 Å². The second kappa shape index (κ2) is 6.97. The Morgan fingerprint density at radius 2 is 2.04 bits per heavy atom. The van der Waals surface area contributed by atoms with Crippen molar-refractivity contribution in [1.29, 1.82) is 0 Å². The highest BCUT2D eigenvalue weighted by Crippen LogP contribution is 2.12. The summed E-state index contributed by atoms with van der Waals surface area (Å²) in [6.07, 6.45) is 2.09. The van der Waals surface area contributed by atoms with E-state index in [1.54, 1.807) is 12.1 Å². The van der Waals surface area contributed by atoms with Gasteiger partial charge in [0.05, 0.1) is 11.1 Å². The minimum absolute atomic E-state index is 0.0132. The van der Waals surface area contributed by atoms with Gasteiger partial charge in [0.25, 0.3) is 5.69 Å². The van der Waals surface area contributed by atoms with Crippen LogP contribution < -0.4 is 0 Å². The van der Waals surface area contributed by atoms with Crippen LogP contribution in [0.5, 0.6) is 0 Å². The first kappa shape index (κ1) is 15.8. The van der Waals surface area contributed by atoms with E-state index in [2.05, 4.69) is 15.3 Å². The molecule has 8 heteroatoms. The molecule has 0 atom stereocenters. The minimum atomic E-state index is -0.443. The summed E-state index contributed by atoms with van der Waals surface area (Å²) in [6.45, 7) is 0. The molecule has 1 heterocycles. The summed E-state index contributed by atoms with van der Waals surface area (Å²) in [5.74, 6) is 0.660. The van der Waals surface area contributed by atoms with Gasteiger partial charge in [0.2, 0.25) is 4.77 Å². The fourth-order valence-corrected chi connectivity index (χ4v) is 2.38. The van der Waals surface area contributed by atoms with Gasteiger partial charge >= 0.3 is 0 Å². The van der Waals surface area contributed by atoms with Crippen LogP contribution in [-0.2, 0) is 6.42 Å². The lowest BCUT2D eigenvalue weighted by Crippen LogP contribution is -2.00. The van der Waals surface area contributed by atoms with E-state index < -0.39 is 4.92 Å². The first-order chi connectivity index (χ1) is 11.6. The van der Waals surface area contributed by atoms with E-state index in [4.69, 9.17) is 12.2 Å². The molecule has 0 radical (unpaired) electrons. The maximum atomic E-state index is 10.8. The quantitative estimate of drug-likeness (QED) is 0.334. The van der Waals surface area contributed by atoms with Crippen LogP contribution in [0.4, 0.5) is 5.69 Å². The molecule has 1 N–H and O–H groups in total. The fraction of sp³-hybridized carbons (Fsp3) is 0.0625. The van der Waals surface area contributed by atoms with Crippen molar-refractivity contribution in [3.63, 3.8) is 0 Å². The van der Waals surface area contributed by atoms with E-state index >= 15 is 0 Å². The van der Waals surface area contributed by atoms with Gasteiger partial charge in [0, 0.05) is 24.1 Å². The summed E-state index contributed by atoms with van der Waals surface area (Å²) >= 11 is 5.19. The topological polar surface area (TPSA) is 89.1 Å². The first-order valence-electron chi connectivity index (χ1n) is 7.12. The molecular weight excluding hydrogens is 326 g/mol. The molecule has 0 aliphatic rings. The number of nitrogens with zero attached hydrogens (tertiary/aromatic N) is 4. The molecule has 0 saturated carbocycles. The van der Waals surface area contributed by atoms with Crippen LogP contribution in [0.15, 0.2) is 59.7 Å². The van der Waals surface area contributed by atoms with Crippen molar-refractivity contribution in [3.8, 4) is 0 Å². The third kappa shape index (κ3) is 3.61. The molecule has 1 aromatic heterocycles. The molecule has 0 spiro atoms. The number of hydrogen-bond acceptors (Lipinski definition) is 5. The highest BCUT2D eigenvalue weighted by atomic mass is 32.1. The Hall–Kier alpha value is -3.13. The summed E-state index contributed by atoms with van der Waals surface area (Å²) in [6, 6.07) is 16.1. The predicted octanol–water partition coefficient (Wildman–Crippen LogP) is 3.32. The summed E-state index contributed by atoms with van der Waals surface area (Å²) in [5.41, 5.74) is 1.70. The van der Waals surface area contributed by atoms with Crippen molar-refractivity contribution in [1.82, 2.24) is 14.9 Å². The van der Waals surface area contributed by atoms with Crippen LogP contribution in [0, 0.1) is 14.9 Å². The molecule has 0 unspecified atom stereocenters. The van der Waals surface area contributed by atoms with Gasteiger partial charge in [-0.15, -0.1) is 0 Å². The Balaban J connectivity index is 1.88. The highest BCUT2D eigenvalue weighted by Gasteiger charge is 2.07. The van der Waals surface area contributed by atoms with Crippen molar-refractivity contribution >= 4 is 24.1 Å². The van der Waals surface area contributed by atoms with Crippen molar-refractivity contribution in [2.75, 3.05) is 0 Å². The van der Waals surface area contributed by atoms with Crippen molar-refractivity contribution in [2.24, 2.45) is 5.10 Å². The van der Waals surface area contributed by atoms with E-state index in [1.807, 2.05) is 30.3 Å². The summed E-state index contributed by atoms with van der Waals surface area (Å²) in [7, 11) is 0. The van der Waals surface area contributed by atoms with Gasteiger partial charge in [0.15, 0.2) is 5.82 Å². The Kier molecular flexibility index (Phi) is 4.57. The van der Waals surface area contributed by atoms with Crippen LogP contribution in [0.25, 0.3) is 0 Å². The maximum Gasteiger partial charge on any atom is 0.270 e. The SMILES string of the molecule is O=[N+]([O-])c1cccc(/C=N\n2c(Cc3ccccc3)n[nH]c2=S)c1. The lowest BCUT2D eigenvalue weighted by Gasteiger charge is -2.01. The highest BCUT2D eigenvalue weighted by molar-refractivity contribution is 7.71. The molecule has 3 aromatic rings. The Bertz CT molecular complexity index is 946. The molecule has 0 aliphatic heterocycles. The lowest BCUT2D eigenvalue weighted by atomic mass is 10.1. The summed E-state index contributed by atoms with van der Waals surface area (Å²) in [4.78, 5) is 10.4. The van der Waals surface area contributed by atoms with E-state index in [1.165, 1.54) is 23.0 Å². The Morgan fingerprint density at radius 3 is 2.79 bits per heavy atom. The van der Waals surface area contributed by atoms with Gasteiger partial charge in [-0.1, -0.05) is 42.5 Å². The van der Waals surface area contributed by atoms with Crippen LogP contribution in [-0.4, -0.2) is 26.0 Å². The lowest BCUT2D eigenvalue weighted by molar-refractivity contribution is -0.384. The maximum absolute atomic E-state index is 10.8. The monoisotopic (exact) mass is 339 g/mol. The predicted molar refractivity (Wildman–Crippen MR) is 92.7 cm³/mol. The van der Waals surface area contributed by atoms with Gasteiger partial charge in [-0.2, -0.15) is 14.9 Å². The normalized spacial score (nSPS) is 11.0. The number of nitrogens with one attached hydrogen (secondary N) is 1. The Morgan fingerprint density at radius 1 is 1.25 bits per heavy atom. The van der Waals surface area contributed by atoms with Crippen LogP contribution in [0.1, 0.15) is 17.0 Å². The summed E-state index contributed by atoms with van der Waals surface area (Å²) in [5, 5.41) is 22.0. The van der Waals surface area contributed by atoms with Crippen molar-refractivity contribution in [2.45, 2.75) is 6.42 Å². The van der Waals surface area contributed by atoms with Crippen molar-refractivity contribution < 1.29 is 4.92 Å². The number of hydrogen-bond donors (Lipinski definition) is 1. The van der Waals surface area contributed by atoms with Crippen molar-refractivity contribution in [3.05, 3.63) is 86.4 Å². The van der Waals surface area contributed by atoms with E-state index in [0.717, 1.165) is 5.56 Å². The zero-order valence-electron chi connectivity index (χ0n) is 12.5. The molecule has 24 heavy (non-hydrogen) atoms. The number of non-ortho nitro benzene ring substituents is 1. The number of aromatic nitrogens is 3. The number of benzene rings is 2. The smallest absolute Gasteiger partial charge is 0.258 e. The average Bonchev–Trinajstić information content (AvgIpc) is 2.94. The molecule has 0 amide bonds. The van der Waals surface area contributed by atoms with Gasteiger partial charge in [-0.25, -0.2) is 0 Å². The number of nitro groups is 1. The molecular formula is C16H13N5O2S. The first-order valence-corrected chi connectivity index (χ1v) is 7.53. The Labute approximate surface area is 142 Å². The zero-order chi connectivity index (χ0) is 16.9. The zero-order valence-corrected chi connectivity index (χ0v) is 13.3. The molecule has 0 saturated heterocycles. The van der Waals surface area contributed by atoms with Crippen LogP contribution >= 0.6 is 12.2 Å². The molecule has 0 fully saturated rings.